The van der Waals surface area contributed by atoms with Gasteiger partial charge in [-0.05, 0) is 12.2 Å². The molecule has 0 aliphatic heterocycles. The highest BCUT2D eigenvalue weighted by Crippen LogP contribution is 1.53. The van der Waals surface area contributed by atoms with Gasteiger partial charge in [-0.1, -0.05) is 0 Å². The van der Waals surface area contributed by atoms with Crippen molar-refractivity contribution in [3.8, 4) is 0 Å². The highest BCUT2D eigenvalue weighted by molar-refractivity contribution is 7.80. The molecule has 0 aromatic heterocycles. The van der Waals surface area contributed by atoms with E-state index in [1.807, 2.05) is 0 Å². The van der Waals surface area contributed by atoms with Gasteiger partial charge in [-0.25, -0.2) is 0 Å². The Hall–Kier alpha value is -0.640. The van der Waals surface area contributed by atoms with Gasteiger partial charge in [-0.15, -0.1) is 0 Å². The zero-order chi connectivity index (χ0) is 5.70. The van der Waals surface area contributed by atoms with Crippen LogP contribution in [0.3, 0.4) is 0 Å². The van der Waals surface area contributed by atoms with E-state index in [1.165, 1.54) is 6.41 Å². The van der Waals surface area contributed by atoms with Crippen LogP contribution in [-0.2, 0) is 4.79 Å². The molecule has 1 amide bonds. The zero-order valence-electron chi connectivity index (χ0n) is 3.82. The fourth-order valence-electron chi connectivity index (χ4n) is 0.109. The van der Waals surface area contributed by atoms with Crippen molar-refractivity contribution >= 4 is 23.7 Å². The van der Waals surface area contributed by atoms with Gasteiger partial charge < -0.3 is 5.32 Å². The molecule has 2 N–H and O–H groups in total. The number of hydrogen-bond acceptors (Lipinski definition) is 2. The van der Waals surface area contributed by atoms with Crippen LogP contribution in [0.2, 0.25) is 0 Å². The van der Waals surface area contributed by atoms with Crippen LogP contribution in [0.15, 0.2) is 0 Å². The molecule has 0 heterocycles. The molecule has 0 atom stereocenters. The highest BCUT2D eigenvalue weighted by atomic mass is 32.1. The van der Waals surface area contributed by atoms with Gasteiger partial charge in [0.05, 0.1) is 0 Å². The number of rotatable bonds is 1. The molecule has 0 saturated carbocycles. The summed E-state index contributed by atoms with van der Waals surface area (Å²) in [6.07, 6.45) is 1.41. The van der Waals surface area contributed by atoms with Crippen LogP contribution in [0.1, 0.15) is 0 Å². The maximum absolute atomic E-state index is 9.41. The van der Waals surface area contributed by atoms with Crippen molar-refractivity contribution in [3.05, 3.63) is 0 Å². The maximum Gasteiger partial charge on any atom is 0.315 e. The topological polar surface area (TPSA) is 41.1 Å². The second kappa shape index (κ2) is 3.55. The Morgan fingerprint density at radius 1 is 1.86 bits per heavy atom. The normalized spacial score (nSPS) is 7.00. The van der Waals surface area contributed by atoms with Gasteiger partial charge in [0.25, 0.3) is 0 Å². The summed E-state index contributed by atoms with van der Waals surface area (Å²) in [5.41, 5.74) is 0. The molecule has 0 unspecified atom stereocenters. The Morgan fingerprint density at radius 2 is 2.43 bits per heavy atom. The van der Waals surface area contributed by atoms with Crippen LogP contribution in [0.25, 0.3) is 0 Å². The van der Waals surface area contributed by atoms with Gasteiger partial charge >= 0.3 is 6.41 Å². The van der Waals surface area contributed by atoms with Crippen LogP contribution in [-0.4, -0.2) is 18.6 Å². The van der Waals surface area contributed by atoms with Gasteiger partial charge in [0.1, 0.15) is 0 Å². The van der Waals surface area contributed by atoms with Crippen molar-refractivity contribution in [2.24, 2.45) is 0 Å². The molecule has 0 saturated heterocycles. The fraction of sp³-hybridized carbons (Fsp3) is 0.333. The lowest BCUT2D eigenvalue weighted by molar-refractivity contribution is 0.552. The van der Waals surface area contributed by atoms with Crippen LogP contribution in [0.4, 0.5) is 0 Å². The monoisotopic (exact) mass is 117 g/mol. The van der Waals surface area contributed by atoms with E-state index in [1.54, 1.807) is 7.05 Å². The van der Waals surface area contributed by atoms with Crippen LogP contribution in [0.5, 0.6) is 0 Å². The first-order valence-corrected chi connectivity index (χ1v) is 2.07. The molecular weight excluding hydrogens is 112 g/mol. The second-order valence-corrected chi connectivity index (χ2v) is 1.21. The Labute approximate surface area is 47.1 Å². The summed E-state index contributed by atoms with van der Waals surface area (Å²) in [5.74, 6) is 0. The van der Waals surface area contributed by atoms with Crippen LogP contribution in [0, 0.1) is 0 Å². The lowest BCUT2D eigenvalue weighted by Crippen LogP contribution is -2.30. The van der Waals surface area contributed by atoms with Gasteiger partial charge in [0.2, 0.25) is 0 Å². The highest BCUT2D eigenvalue weighted by Gasteiger charge is 1.82. The summed E-state index contributed by atoms with van der Waals surface area (Å²) < 4.78 is 0. The lowest BCUT2D eigenvalue weighted by atomic mass is 11.0. The third-order valence-corrected chi connectivity index (χ3v) is 0.698. The predicted molar refractivity (Wildman–Crippen MR) is 30.5 cm³/mol. The number of nitrogens with one attached hydrogen (secondary N) is 2. The number of hydrogen-bond donors (Lipinski definition) is 2. The summed E-state index contributed by atoms with van der Waals surface area (Å²) in [5, 5.41) is 4.92. The Kier molecular flexibility index (Phi) is 3.22. The Morgan fingerprint density at radius 3 is 2.57 bits per heavy atom. The van der Waals surface area contributed by atoms with Gasteiger partial charge in [-0.2, -0.15) is 0 Å². The number of amides is 1. The average Bonchev–Trinajstić information content (AvgIpc) is 1.68. The summed E-state index contributed by atoms with van der Waals surface area (Å²) in [6, 6.07) is 0. The molecule has 0 rings (SSSR count). The average molecular weight is 117 g/mol. The SMILES string of the molecule is CNC(=S)N[C]=O. The minimum Gasteiger partial charge on any atom is -0.365 e. The molecule has 0 aliphatic carbocycles. The third-order valence-electron chi connectivity index (χ3n) is 0.392. The first-order chi connectivity index (χ1) is 3.31. The van der Waals surface area contributed by atoms with E-state index in [9.17, 15) is 4.79 Å². The molecule has 0 bridgehead atoms. The van der Waals surface area contributed by atoms with Crippen molar-refractivity contribution in [2.45, 2.75) is 0 Å². The molecule has 4 heteroatoms. The van der Waals surface area contributed by atoms with Gasteiger partial charge in [0, 0.05) is 7.05 Å². The van der Waals surface area contributed by atoms with E-state index in [-0.39, 0.29) is 5.11 Å². The van der Waals surface area contributed by atoms with E-state index in [2.05, 4.69) is 22.9 Å². The Balaban J connectivity index is 3.17. The largest absolute Gasteiger partial charge is 0.365 e. The second-order valence-electron chi connectivity index (χ2n) is 0.806. The van der Waals surface area contributed by atoms with Crippen LogP contribution >= 0.6 is 12.2 Å². The molecule has 39 valence electrons. The summed E-state index contributed by atoms with van der Waals surface area (Å²) >= 11 is 4.47. The first-order valence-electron chi connectivity index (χ1n) is 1.66. The first kappa shape index (κ1) is 6.36. The molecule has 0 aromatic rings. The van der Waals surface area contributed by atoms with Crippen molar-refractivity contribution in [1.82, 2.24) is 10.6 Å². The number of carbonyl (C=O) groups excluding carboxylic acids is 1. The maximum atomic E-state index is 9.41. The standard InChI is InChI=1S/C3H5N2OS/c1-4-3(7)5-2-6/h1H3,(H2,4,5,6,7). The van der Waals surface area contributed by atoms with Crippen LogP contribution < -0.4 is 10.6 Å². The third kappa shape index (κ3) is 3.18. The lowest BCUT2D eigenvalue weighted by Gasteiger charge is -1.93. The van der Waals surface area contributed by atoms with Crippen molar-refractivity contribution in [2.75, 3.05) is 7.05 Å². The number of thiocarbonyl (C=S) groups is 1. The minimum atomic E-state index is 0.287. The molecule has 0 aromatic carbocycles. The molecular formula is C3H5N2OS. The summed E-state index contributed by atoms with van der Waals surface area (Å²) in [6.45, 7) is 0. The zero-order valence-corrected chi connectivity index (χ0v) is 4.63. The minimum absolute atomic E-state index is 0.287. The van der Waals surface area contributed by atoms with Crippen molar-refractivity contribution < 1.29 is 4.79 Å². The van der Waals surface area contributed by atoms with E-state index >= 15 is 0 Å². The van der Waals surface area contributed by atoms with Gasteiger partial charge in [0.15, 0.2) is 5.11 Å². The summed E-state index contributed by atoms with van der Waals surface area (Å²) in [7, 11) is 1.62. The molecule has 0 spiro atoms. The summed E-state index contributed by atoms with van der Waals surface area (Å²) in [4.78, 5) is 9.41. The Bertz CT molecular complexity index is 83.0. The predicted octanol–water partition coefficient (Wildman–Crippen LogP) is -0.853. The van der Waals surface area contributed by atoms with E-state index in [4.69, 9.17) is 0 Å². The smallest absolute Gasteiger partial charge is 0.315 e. The molecule has 1 radical (unpaired) electrons. The molecule has 0 aliphatic rings. The van der Waals surface area contributed by atoms with Crippen molar-refractivity contribution in [1.29, 1.82) is 0 Å². The van der Waals surface area contributed by atoms with E-state index < -0.39 is 0 Å². The molecule has 3 nitrogen and oxygen atoms in total. The quantitative estimate of drug-likeness (QED) is 0.347. The van der Waals surface area contributed by atoms with E-state index in [0.717, 1.165) is 0 Å². The molecule has 0 fully saturated rings. The van der Waals surface area contributed by atoms with E-state index in [0.29, 0.717) is 0 Å². The van der Waals surface area contributed by atoms with Crippen molar-refractivity contribution in [3.63, 3.8) is 0 Å². The van der Waals surface area contributed by atoms with Gasteiger partial charge in [-0.3, -0.25) is 10.1 Å². The fourth-order valence-corrected chi connectivity index (χ4v) is 0.151. The molecule has 7 heavy (non-hydrogen) atoms.